The van der Waals surface area contributed by atoms with Crippen molar-refractivity contribution in [2.75, 3.05) is 6.61 Å². The second-order valence-corrected chi connectivity index (χ2v) is 10.1. The van der Waals surface area contributed by atoms with Gasteiger partial charge in [-0.2, -0.15) is 0 Å². The topological polar surface area (TPSA) is 9.23 Å². The van der Waals surface area contributed by atoms with Crippen LogP contribution in [-0.2, 0) is 17.8 Å². The Morgan fingerprint density at radius 3 is 1.69 bits per heavy atom. The van der Waals surface area contributed by atoms with Gasteiger partial charge in [0.1, 0.15) is 0 Å². The first-order chi connectivity index (χ1) is 17.8. The Morgan fingerprint density at radius 1 is 0.583 bits per heavy atom. The molecule has 0 atom stereocenters. The molecular weight excluding hydrogens is 436 g/mol. The quantitative estimate of drug-likeness (QED) is 0.115. The van der Waals surface area contributed by atoms with Gasteiger partial charge in [-0.05, 0) is 63.6 Å². The van der Waals surface area contributed by atoms with Gasteiger partial charge < -0.3 is 4.74 Å². The fraction of sp³-hybridized carbons (Fsp3) is 0.371. The summed E-state index contributed by atoms with van der Waals surface area (Å²) in [5.74, 6) is 0. The Labute approximate surface area is 218 Å². The molecule has 0 unspecified atom stereocenters. The van der Waals surface area contributed by atoms with Crippen LogP contribution in [0.1, 0.15) is 80.9 Å². The van der Waals surface area contributed by atoms with Crippen LogP contribution >= 0.6 is 0 Å². The van der Waals surface area contributed by atoms with Gasteiger partial charge in [0.15, 0.2) is 0 Å². The van der Waals surface area contributed by atoms with Crippen LogP contribution in [0, 0.1) is 0 Å². The van der Waals surface area contributed by atoms with Gasteiger partial charge in [-0.15, -0.1) is 0 Å². The highest BCUT2D eigenvalue weighted by Gasteiger charge is 2.07. The zero-order valence-corrected chi connectivity index (χ0v) is 21.9. The van der Waals surface area contributed by atoms with Gasteiger partial charge in [0.2, 0.25) is 0 Å². The van der Waals surface area contributed by atoms with Crippen molar-refractivity contribution < 1.29 is 4.74 Å². The lowest BCUT2D eigenvalue weighted by atomic mass is 9.93. The molecule has 4 aromatic rings. The zero-order chi connectivity index (χ0) is 24.8. The summed E-state index contributed by atoms with van der Waals surface area (Å²) in [6, 6.07) is 28.5. The Morgan fingerprint density at radius 2 is 1.11 bits per heavy atom. The van der Waals surface area contributed by atoms with Crippen molar-refractivity contribution in [2.24, 2.45) is 0 Å². The third kappa shape index (κ3) is 7.80. The maximum absolute atomic E-state index is 5.83. The number of ether oxygens (including phenoxy) is 1. The van der Waals surface area contributed by atoms with E-state index in [1.165, 1.54) is 97.7 Å². The molecule has 0 aliphatic carbocycles. The first-order valence-electron chi connectivity index (χ1n) is 14.0. The summed E-state index contributed by atoms with van der Waals surface area (Å²) < 4.78 is 5.83. The van der Waals surface area contributed by atoms with Crippen molar-refractivity contribution in [3.8, 4) is 0 Å². The Kier molecular flexibility index (Phi) is 10.6. The van der Waals surface area contributed by atoms with Crippen LogP contribution in [0.4, 0.5) is 0 Å². The van der Waals surface area contributed by atoms with E-state index in [9.17, 15) is 0 Å². The zero-order valence-electron chi connectivity index (χ0n) is 21.9. The smallest absolute Gasteiger partial charge is 0.0716 e. The fourth-order valence-corrected chi connectivity index (χ4v) is 5.24. The molecule has 4 rings (SSSR count). The van der Waals surface area contributed by atoms with Crippen molar-refractivity contribution >= 4 is 27.6 Å². The standard InChI is InChI=1S/C35H42O/c1-2-29-22-24-30(25-23-29)28-36-26-16-10-8-6-4-3-5-7-9-11-21-35-33-19-14-12-17-31(33)27-32-18-13-15-20-34(32)35/h2,12-15,17-20,22-25,27H,1,3-11,16,21,26,28H2. The van der Waals surface area contributed by atoms with Crippen molar-refractivity contribution in [3.05, 3.63) is 102 Å². The molecule has 4 aromatic carbocycles. The maximum atomic E-state index is 5.83. The van der Waals surface area contributed by atoms with E-state index in [2.05, 4.69) is 85.4 Å². The molecule has 0 fully saturated rings. The minimum Gasteiger partial charge on any atom is -0.377 e. The summed E-state index contributed by atoms with van der Waals surface area (Å²) in [5.41, 5.74) is 3.94. The third-order valence-electron chi connectivity index (χ3n) is 7.33. The van der Waals surface area contributed by atoms with E-state index in [1.807, 2.05) is 6.08 Å². The fourth-order valence-electron chi connectivity index (χ4n) is 5.24. The highest BCUT2D eigenvalue weighted by molar-refractivity contribution is 6.02. The molecule has 0 aliphatic heterocycles. The van der Waals surface area contributed by atoms with Crippen LogP contribution in [0.25, 0.3) is 27.6 Å². The third-order valence-corrected chi connectivity index (χ3v) is 7.33. The number of unbranched alkanes of at least 4 members (excludes halogenated alkanes) is 9. The van der Waals surface area contributed by atoms with Gasteiger partial charge >= 0.3 is 0 Å². The summed E-state index contributed by atoms with van der Waals surface area (Å²) in [4.78, 5) is 0. The Hall–Kier alpha value is -2.90. The molecule has 1 nitrogen and oxygen atoms in total. The van der Waals surface area contributed by atoms with E-state index in [1.54, 1.807) is 5.56 Å². The lowest BCUT2D eigenvalue weighted by Gasteiger charge is -2.11. The second kappa shape index (κ2) is 14.6. The number of rotatable bonds is 16. The van der Waals surface area contributed by atoms with Crippen LogP contribution in [0.2, 0.25) is 0 Å². The summed E-state index contributed by atoms with van der Waals surface area (Å²) in [6.45, 7) is 5.38. The predicted molar refractivity (Wildman–Crippen MR) is 158 cm³/mol. The second-order valence-electron chi connectivity index (χ2n) is 10.1. The van der Waals surface area contributed by atoms with E-state index >= 15 is 0 Å². The first-order valence-corrected chi connectivity index (χ1v) is 14.0. The maximum Gasteiger partial charge on any atom is 0.0716 e. The molecule has 0 bridgehead atoms. The number of hydrogen-bond acceptors (Lipinski definition) is 1. The van der Waals surface area contributed by atoms with Gasteiger partial charge in [0.05, 0.1) is 6.61 Å². The molecule has 0 aliphatic rings. The van der Waals surface area contributed by atoms with E-state index < -0.39 is 0 Å². The molecule has 0 N–H and O–H groups in total. The summed E-state index contributed by atoms with van der Waals surface area (Å²) >= 11 is 0. The largest absolute Gasteiger partial charge is 0.377 e. The van der Waals surface area contributed by atoms with Gasteiger partial charge in [-0.25, -0.2) is 0 Å². The van der Waals surface area contributed by atoms with Gasteiger partial charge in [-0.1, -0.05) is 137 Å². The van der Waals surface area contributed by atoms with Crippen LogP contribution in [-0.4, -0.2) is 6.61 Å². The highest BCUT2D eigenvalue weighted by atomic mass is 16.5. The summed E-state index contributed by atoms with van der Waals surface area (Å²) in [6.07, 6.45) is 16.4. The Balaban J connectivity index is 1.03. The molecule has 0 aromatic heterocycles. The van der Waals surface area contributed by atoms with Gasteiger partial charge in [-0.3, -0.25) is 0 Å². The predicted octanol–water partition coefficient (Wildman–Crippen LogP) is 10.3. The van der Waals surface area contributed by atoms with Crippen LogP contribution in [0.5, 0.6) is 0 Å². The minimum absolute atomic E-state index is 0.716. The number of benzene rings is 4. The molecule has 36 heavy (non-hydrogen) atoms. The molecule has 0 radical (unpaired) electrons. The van der Waals surface area contributed by atoms with Gasteiger partial charge in [0.25, 0.3) is 0 Å². The Bertz CT molecular complexity index is 1150. The van der Waals surface area contributed by atoms with Crippen molar-refractivity contribution in [1.82, 2.24) is 0 Å². The molecule has 188 valence electrons. The average Bonchev–Trinajstić information content (AvgIpc) is 2.93. The minimum atomic E-state index is 0.716. The van der Waals surface area contributed by atoms with Crippen LogP contribution < -0.4 is 0 Å². The molecule has 0 heterocycles. The number of fused-ring (bicyclic) bond motifs is 2. The van der Waals surface area contributed by atoms with Crippen LogP contribution in [0.15, 0.2) is 85.4 Å². The summed E-state index contributed by atoms with van der Waals surface area (Å²) in [5, 5.41) is 5.61. The lowest BCUT2D eigenvalue weighted by molar-refractivity contribution is 0.116. The molecule has 1 heteroatoms. The lowest BCUT2D eigenvalue weighted by Crippen LogP contribution is -1.95. The highest BCUT2D eigenvalue weighted by Crippen LogP contribution is 2.30. The molecule has 0 saturated heterocycles. The van der Waals surface area contributed by atoms with E-state index in [4.69, 9.17) is 4.74 Å². The molecular formula is C35H42O. The van der Waals surface area contributed by atoms with Gasteiger partial charge in [0, 0.05) is 6.61 Å². The van der Waals surface area contributed by atoms with E-state index in [-0.39, 0.29) is 0 Å². The van der Waals surface area contributed by atoms with Crippen molar-refractivity contribution in [1.29, 1.82) is 0 Å². The first kappa shape index (κ1) is 26.2. The van der Waals surface area contributed by atoms with Crippen LogP contribution in [0.3, 0.4) is 0 Å². The molecule has 0 saturated carbocycles. The van der Waals surface area contributed by atoms with Crippen molar-refractivity contribution in [3.63, 3.8) is 0 Å². The monoisotopic (exact) mass is 478 g/mol. The van der Waals surface area contributed by atoms with E-state index in [0.717, 1.165) is 12.2 Å². The average molecular weight is 479 g/mol. The molecule has 0 amide bonds. The summed E-state index contributed by atoms with van der Waals surface area (Å²) in [7, 11) is 0. The SMILES string of the molecule is C=Cc1ccc(COCCCCCCCCCCCCc2c3ccccc3cc3ccccc23)cc1. The van der Waals surface area contributed by atoms with Crippen molar-refractivity contribution in [2.45, 2.75) is 77.2 Å². The normalized spacial score (nSPS) is 11.3. The van der Waals surface area contributed by atoms with E-state index in [0.29, 0.717) is 6.61 Å². The number of aryl methyl sites for hydroxylation is 1. The number of hydrogen-bond donors (Lipinski definition) is 0. The molecule has 0 spiro atoms.